The lowest BCUT2D eigenvalue weighted by molar-refractivity contribution is -0.143. The Morgan fingerprint density at radius 1 is 1.13 bits per heavy atom. The van der Waals surface area contributed by atoms with Crippen LogP contribution in [0.4, 0.5) is 18.9 Å². The second kappa shape index (κ2) is 9.74. The van der Waals surface area contributed by atoms with E-state index >= 15 is 0 Å². The van der Waals surface area contributed by atoms with Crippen molar-refractivity contribution < 1.29 is 27.5 Å². The van der Waals surface area contributed by atoms with Gasteiger partial charge < -0.3 is 10.1 Å². The molecule has 1 N–H and O–H groups in total. The SMILES string of the molecule is CC(C)c1ccc(/C=C(\C#N)C(=O)OCC(=O)Nc2ccccc2C(F)(F)F)cc1. The number of alkyl halides is 3. The van der Waals surface area contributed by atoms with Crippen LogP contribution in [-0.4, -0.2) is 18.5 Å². The first-order chi connectivity index (χ1) is 14.1. The number of anilines is 1. The molecule has 2 rings (SSSR count). The van der Waals surface area contributed by atoms with E-state index < -0.39 is 35.9 Å². The minimum absolute atomic E-state index is 0.324. The molecular formula is C22H19F3N2O3. The van der Waals surface area contributed by atoms with Crippen LogP contribution in [0.25, 0.3) is 6.08 Å². The highest BCUT2D eigenvalue weighted by molar-refractivity contribution is 6.00. The summed E-state index contributed by atoms with van der Waals surface area (Å²) >= 11 is 0. The fourth-order valence-corrected chi connectivity index (χ4v) is 2.52. The first kappa shape index (κ1) is 22.7. The molecule has 8 heteroatoms. The molecule has 0 atom stereocenters. The van der Waals surface area contributed by atoms with E-state index in [0.717, 1.165) is 17.7 Å². The standard InChI is InChI=1S/C22H19F3N2O3/c1-14(2)16-9-7-15(8-10-16)11-17(12-26)21(29)30-13-20(28)27-19-6-4-3-5-18(19)22(23,24)25/h3-11,14H,13H2,1-2H3,(H,27,28)/b17-11+. The Morgan fingerprint density at radius 2 is 1.77 bits per heavy atom. The van der Waals surface area contributed by atoms with Crippen molar-refractivity contribution in [3.05, 3.63) is 70.8 Å². The smallest absolute Gasteiger partial charge is 0.418 e. The summed E-state index contributed by atoms with van der Waals surface area (Å²) < 4.78 is 43.6. The zero-order valence-corrected chi connectivity index (χ0v) is 16.3. The zero-order chi connectivity index (χ0) is 22.3. The topological polar surface area (TPSA) is 79.2 Å². The van der Waals surface area contributed by atoms with Crippen LogP contribution < -0.4 is 5.32 Å². The van der Waals surface area contributed by atoms with Gasteiger partial charge in [0.05, 0.1) is 11.3 Å². The minimum Gasteiger partial charge on any atom is -0.451 e. The predicted octanol–water partition coefficient (Wildman–Crippen LogP) is 4.92. The zero-order valence-electron chi connectivity index (χ0n) is 16.3. The predicted molar refractivity (Wildman–Crippen MR) is 105 cm³/mol. The first-order valence-electron chi connectivity index (χ1n) is 8.96. The highest BCUT2D eigenvalue weighted by Gasteiger charge is 2.33. The number of halogens is 3. The molecule has 0 aliphatic carbocycles. The van der Waals surface area contributed by atoms with Crippen molar-refractivity contribution in [2.75, 3.05) is 11.9 Å². The van der Waals surface area contributed by atoms with Gasteiger partial charge in [-0.3, -0.25) is 4.79 Å². The van der Waals surface area contributed by atoms with Gasteiger partial charge in [-0.2, -0.15) is 18.4 Å². The van der Waals surface area contributed by atoms with Gasteiger partial charge in [-0.1, -0.05) is 50.2 Å². The van der Waals surface area contributed by atoms with Crippen LogP contribution in [0.1, 0.15) is 36.5 Å². The average molecular weight is 416 g/mol. The van der Waals surface area contributed by atoms with Crippen LogP contribution in [0.5, 0.6) is 0 Å². The molecule has 5 nitrogen and oxygen atoms in total. The lowest BCUT2D eigenvalue weighted by Gasteiger charge is -2.13. The van der Waals surface area contributed by atoms with E-state index in [-0.39, 0.29) is 5.57 Å². The van der Waals surface area contributed by atoms with E-state index in [1.807, 2.05) is 26.0 Å². The van der Waals surface area contributed by atoms with Gasteiger partial charge >= 0.3 is 12.1 Å². The van der Waals surface area contributed by atoms with Crippen LogP contribution in [0, 0.1) is 11.3 Å². The highest BCUT2D eigenvalue weighted by Crippen LogP contribution is 2.34. The molecule has 0 aliphatic rings. The Kier molecular flexibility index (Phi) is 7.37. The number of nitrogens with zero attached hydrogens (tertiary/aromatic N) is 1. The Hall–Kier alpha value is -3.60. The molecule has 0 unspecified atom stereocenters. The monoisotopic (exact) mass is 416 g/mol. The summed E-state index contributed by atoms with van der Waals surface area (Å²) in [5, 5.41) is 11.2. The largest absolute Gasteiger partial charge is 0.451 e. The molecular weight excluding hydrogens is 397 g/mol. The van der Waals surface area contributed by atoms with Crippen LogP contribution in [-0.2, 0) is 20.5 Å². The molecule has 0 fully saturated rings. The molecule has 0 aromatic heterocycles. The van der Waals surface area contributed by atoms with Crippen molar-refractivity contribution in [1.29, 1.82) is 5.26 Å². The molecule has 0 bridgehead atoms. The van der Waals surface area contributed by atoms with Gasteiger partial charge in [-0.05, 0) is 35.3 Å². The fourth-order valence-electron chi connectivity index (χ4n) is 2.52. The molecule has 0 spiro atoms. The second-order valence-corrected chi connectivity index (χ2v) is 6.66. The van der Waals surface area contributed by atoms with Gasteiger partial charge in [0.15, 0.2) is 6.61 Å². The third-order valence-corrected chi connectivity index (χ3v) is 4.10. The van der Waals surface area contributed by atoms with Gasteiger partial charge in [-0.25, -0.2) is 4.79 Å². The van der Waals surface area contributed by atoms with E-state index in [0.29, 0.717) is 11.5 Å². The van der Waals surface area contributed by atoms with Gasteiger partial charge in [0.2, 0.25) is 0 Å². The van der Waals surface area contributed by atoms with E-state index in [9.17, 15) is 28.0 Å². The maximum absolute atomic E-state index is 13.0. The molecule has 0 saturated carbocycles. The molecule has 0 radical (unpaired) electrons. The second-order valence-electron chi connectivity index (χ2n) is 6.66. The molecule has 2 aromatic rings. The van der Waals surface area contributed by atoms with Crippen molar-refractivity contribution in [2.24, 2.45) is 0 Å². The third-order valence-electron chi connectivity index (χ3n) is 4.10. The van der Waals surface area contributed by atoms with E-state index in [4.69, 9.17) is 4.74 Å². The van der Waals surface area contributed by atoms with Crippen molar-refractivity contribution in [1.82, 2.24) is 0 Å². The Morgan fingerprint density at radius 3 is 2.33 bits per heavy atom. The summed E-state index contributed by atoms with van der Waals surface area (Å²) in [4.78, 5) is 24.0. The van der Waals surface area contributed by atoms with Crippen LogP contribution in [0.3, 0.4) is 0 Å². The summed E-state index contributed by atoms with van der Waals surface area (Å²) in [6, 6.07) is 13.3. The number of benzene rings is 2. The number of ether oxygens (including phenoxy) is 1. The molecule has 30 heavy (non-hydrogen) atoms. The Balaban J connectivity index is 2.02. The number of para-hydroxylation sites is 1. The molecule has 156 valence electrons. The van der Waals surface area contributed by atoms with Crippen LogP contribution >= 0.6 is 0 Å². The van der Waals surface area contributed by atoms with Crippen LogP contribution in [0.15, 0.2) is 54.1 Å². The number of esters is 1. The molecule has 0 saturated heterocycles. The Labute approximate surface area is 171 Å². The van der Waals surface area contributed by atoms with E-state index in [1.54, 1.807) is 18.2 Å². The fraction of sp³-hybridized carbons (Fsp3) is 0.227. The lowest BCUT2D eigenvalue weighted by atomic mass is 10.0. The molecule has 2 aromatic carbocycles. The summed E-state index contributed by atoms with van der Waals surface area (Å²) in [7, 11) is 0. The van der Waals surface area contributed by atoms with Crippen molar-refractivity contribution in [3.63, 3.8) is 0 Å². The van der Waals surface area contributed by atoms with Gasteiger partial charge in [-0.15, -0.1) is 0 Å². The van der Waals surface area contributed by atoms with Gasteiger partial charge in [0, 0.05) is 0 Å². The van der Waals surface area contributed by atoms with Crippen molar-refractivity contribution in [3.8, 4) is 6.07 Å². The van der Waals surface area contributed by atoms with Crippen molar-refractivity contribution in [2.45, 2.75) is 25.9 Å². The molecule has 1 amide bonds. The summed E-state index contributed by atoms with van der Waals surface area (Å²) in [6.07, 6.45) is -3.34. The van der Waals surface area contributed by atoms with E-state index in [1.165, 1.54) is 18.2 Å². The minimum atomic E-state index is -4.65. The summed E-state index contributed by atoms with van der Waals surface area (Å²) in [6.45, 7) is 3.22. The summed E-state index contributed by atoms with van der Waals surface area (Å²) in [5.41, 5.74) is -0.129. The van der Waals surface area contributed by atoms with Gasteiger partial charge in [0.25, 0.3) is 5.91 Å². The number of nitriles is 1. The molecule has 0 aliphatic heterocycles. The van der Waals surface area contributed by atoms with Gasteiger partial charge in [0.1, 0.15) is 11.6 Å². The number of amides is 1. The average Bonchev–Trinajstić information content (AvgIpc) is 2.70. The number of hydrogen-bond donors (Lipinski definition) is 1. The van der Waals surface area contributed by atoms with E-state index in [2.05, 4.69) is 5.32 Å². The Bertz CT molecular complexity index is 988. The normalized spacial score (nSPS) is 11.7. The maximum Gasteiger partial charge on any atom is 0.418 e. The highest BCUT2D eigenvalue weighted by atomic mass is 19.4. The molecule has 0 heterocycles. The first-order valence-corrected chi connectivity index (χ1v) is 8.96. The summed E-state index contributed by atoms with van der Waals surface area (Å²) in [5.74, 6) is -1.69. The number of carbonyl (C=O) groups is 2. The number of carbonyl (C=O) groups excluding carboxylic acids is 2. The van der Waals surface area contributed by atoms with Crippen LogP contribution in [0.2, 0.25) is 0 Å². The number of rotatable bonds is 6. The lowest BCUT2D eigenvalue weighted by Crippen LogP contribution is -2.23. The quantitative estimate of drug-likeness (QED) is 0.412. The number of hydrogen-bond acceptors (Lipinski definition) is 4. The third kappa shape index (κ3) is 6.21. The van der Waals surface area contributed by atoms with Crippen molar-refractivity contribution >= 4 is 23.6 Å². The number of nitrogens with one attached hydrogen (secondary N) is 1. The maximum atomic E-state index is 13.0.